The molecule has 22 heavy (non-hydrogen) atoms. The molecular weight excluding hydrogens is 282 g/mol. The van der Waals surface area contributed by atoms with Gasteiger partial charge in [0.2, 0.25) is 6.23 Å². The topological polar surface area (TPSA) is 55.8 Å². The number of hydrogen-bond acceptors (Lipinski definition) is 4. The summed E-state index contributed by atoms with van der Waals surface area (Å²) in [6.45, 7) is -0.0512. The largest absolute Gasteiger partial charge is 0.497 e. The number of nitrogens with zero attached hydrogens (tertiary/aromatic N) is 1. The van der Waals surface area contributed by atoms with Gasteiger partial charge in [0.1, 0.15) is 12.3 Å². The first-order valence-electron chi connectivity index (χ1n) is 6.88. The molecule has 1 heterocycles. The van der Waals surface area contributed by atoms with Crippen molar-refractivity contribution < 1.29 is 19.1 Å². The Morgan fingerprint density at radius 2 is 1.82 bits per heavy atom. The normalized spacial score (nSPS) is 17.2. The fraction of sp³-hybridized carbons (Fsp3) is 0.176. The van der Waals surface area contributed by atoms with Gasteiger partial charge in [-0.1, -0.05) is 18.2 Å². The average Bonchev–Trinajstić information content (AvgIpc) is 2.97. The zero-order valence-electron chi connectivity index (χ0n) is 12.1. The van der Waals surface area contributed by atoms with Gasteiger partial charge in [0.05, 0.1) is 7.11 Å². The van der Waals surface area contributed by atoms with Gasteiger partial charge in [-0.05, 0) is 36.4 Å². The standard InChI is InChI=1S/C17H15NO4/c1-21-14-9-7-13(8-10-14)17-18(11-15(19)22-17)16(20)12-5-3-2-4-6-12/h2-10,17H,11H2,1H3/t17-/m0/s1. The molecule has 0 aromatic heterocycles. The van der Waals surface area contributed by atoms with Crippen molar-refractivity contribution in [2.45, 2.75) is 6.23 Å². The van der Waals surface area contributed by atoms with Gasteiger partial charge in [0.25, 0.3) is 5.91 Å². The summed E-state index contributed by atoms with van der Waals surface area (Å²) in [7, 11) is 1.58. The molecule has 0 saturated carbocycles. The minimum absolute atomic E-state index is 0.0512. The SMILES string of the molecule is COc1ccc([C@@H]2OC(=O)CN2C(=O)c2ccccc2)cc1. The Labute approximate surface area is 128 Å². The second-order valence-electron chi connectivity index (χ2n) is 4.91. The molecular formula is C17H15NO4. The lowest BCUT2D eigenvalue weighted by molar-refractivity contribution is -0.141. The zero-order chi connectivity index (χ0) is 15.5. The molecule has 0 radical (unpaired) electrons. The Kier molecular flexibility index (Phi) is 3.78. The number of amides is 1. The van der Waals surface area contributed by atoms with Crippen LogP contribution in [0.15, 0.2) is 54.6 Å². The van der Waals surface area contributed by atoms with Crippen LogP contribution in [0.5, 0.6) is 5.75 Å². The summed E-state index contributed by atoms with van der Waals surface area (Å²) in [4.78, 5) is 25.7. The summed E-state index contributed by atoms with van der Waals surface area (Å²) in [5, 5.41) is 0. The molecule has 0 bridgehead atoms. The van der Waals surface area contributed by atoms with Crippen molar-refractivity contribution >= 4 is 11.9 Å². The van der Waals surface area contributed by atoms with Gasteiger partial charge in [-0.25, -0.2) is 0 Å². The number of methoxy groups -OCH3 is 1. The highest BCUT2D eigenvalue weighted by Gasteiger charge is 2.37. The van der Waals surface area contributed by atoms with E-state index in [1.165, 1.54) is 4.90 Å². The van der Waals surface area contributed by atoms with Gasteiger partial charge >= 0.3 is 5.97 Å². The molecule has 0 spiro atoms. The number of rotatable bonds is 3. The molecule has 1 atom stereocenters. The third-order valence-corrected chi connectivity index (χ3v) is 3.51. The Balaban J connectivity index is 1.88. The van der Waals surface area contributed by atoms with Crippen LogP contribution in [0.2, 0.25) is 0 Å². The van der Waals surface area contributed by atoms with Crippen LogP contribution in [0.3, 0.4) is 0 Å². The molecule has 1 fully saturated rings. The van der Waals surface area contributed by atoms with Crippen molar-refractivity contribution in [3.8, 4) is 5.75 Å². The maximum absolute atomic E-state index is 12.6. The number of hydrogen-bond donors (Lipinski definition) is 0. The number of carbonyl (C=O) groups excluding carboxylic acids is 2. The van der Waals surface area contributed by atoms with E-state index < -0.39 is 12.2 Å². The van der Waals surface area contributed by atoms with Crippen molar-refractivity contribution in [3.63, 3.8) is 0 Å². The zero-order valence-corrected chi connectivity index (χ0v) is 12.1. The summed E-state index contributed by atoms with van der Waals surface area (Å²) in [5.41, 5.74) is 1.26. The number of benzene rings is 2. The maximum atomic E-state index is 12.6. The number of esters is 1. The van der Waals surface area contributed by atoms with E-state index in [1.54, 1.807) is 55.6 Å². The molecule has 5 heteroatoms. The second kappa shape index (κ2) is 5.89. The van der Waals surface area contributed by atoms with Crippen LogP contribution in [0.1, 0.15) is 22.1 Å². The molecule has 0 unspecified atom stereocenters. The smallest absolute Gasteiger partial charge is 0.327 e. The van der Waals surface area contributed by atoms with E-state index in [2.05, 4.69) is 0 Å². The van der Waals surface area contributed by atoms with Crippen molar-refractivity contribution in [1.82, 2.24) is 4.90 Å². The molecule has 0 N–H and O–H groups in total. The van der Waals surface area contributed by atoms with Gasteiger partial charge in [-0.2, -0.15) is 0 Å². The minimum atomic E-state index is -0.703. The lowest BCUT2D eigenvalue weighted by Crippen LogP contribution is -2.31. The Morgan fingerprint density at radius 3 is 2.45 bits per heavy atom. The van der Waals surface area contributed by atoms with E-state index in [4.69, 9.17) is 9.47 Å². The van der Waals surface area contributed by atoms with Crippen LogP contribution in [-0.2, 0) is 9.53 Å². The van der Waals surface area contributed by atoms with Gasteiger partial charge in [0, 0.05) is 11.1 Å². The van der Waals surface area contributed by atoms with Crippen molar-refractivity contribution in [2.24, 2.45) is 0 Å². The van der Waals surface area contributed by atoms with Crippen LogP contribution in [-0.4, -0.2) is 30.4 Å². The first-order chi connectivity index (χ1) is 10.7. The van der Waals surface area contributed by atoms with Gasteiger partial charge < -0.3 is 9.47 Å². The molecule has 1 aliphatic heterocycles. The fourth-order valence-electron chi connectivity index (χ4n) is 2.39. The summed E-state index contributed by atoms with van der Waals surface area (Å²) in [6, 6.07) is 16.0. The molecule has 2 aromatic rings. The van der Waals surface area contributed by atoms with Crippen LogP contribution < -0.4 is 4.74 Å². The fourth-order valence-corrected chi connectivity index (χ4v) is 2.39. The quantitative estimate of drug-likeness (QED) is 0.816. The second-order valence-corrected chi connectivity index (χ2v) is 4.91. The van der Waals surface area contributed by atoms with E-state index in [9.17, 15) is 9.59 Å². The summed E-state index contributed by atoms with van der Waals surface area (Å²) in [5.74, 6) is 0.0615. The first kappa shape index (κ1) is 14.1. The van der Waals surface area contributed by atoms with Crippen molar-refractivity contribution in [3.05, 3.63) is 65.7 Å². The third kappa shape index (κ3) is 2.65. The predicted molar refractivity (Wildman–Crippen MR) is 79.3 cm³/mol. The highest BCUT2D eigenvalue weighted by atomic mass is 16.6. The maximum Gasteiger partial charge on any atom is 0.327 e. The number of carbonyl (C=O) groups is 2. The molecule has 1 aliphatic rings. The monoisotopic (exact) mass is 297 g/mol. The predicted octanol–water partition coefficient (Wildman–Crippen LogP) is 2.39. The van der Waals surface area contributed by atoms with Gasteiger partial charge in [0.15, 0.2) is 0 Å². The molecule has 1 amide bonds. The van der Waals surface area contributed by atoms with Gasteiger partial charge in [-0.15, -0.1) is 0 Å². The molecule has 3 rings (SSSR count). The Morgan fingerprint density at radius 1 is 1.14 bits per heavy atom. The Hall–Kier alpha value is -2.82. The molecule has 0 aliphatic carbocycles. The average molecular weight is 297 g/mol. The number of ether oxygens (including phenoxy) is 2. The van der Waals surface area contributed by atoms with E-state index in [1.807, 2.05) is 6.07 Å². The van der Waals surface area contributed by atoms with Crippen LogP contribution in [0, 0.1) is 0 Å². The number of cyclic esters (lactones) is 1. The van der Waals surface area contributed by atoms with Crippen LogP contribution in [0.4, 0.5) is 0 Å². The van der Waals surface area contributed by atoms with Crippen molar-refractivity contribution in [1.29, 1.82) is 0 Å². The summed E-state index contributed by atoms with van der Waals surface area (Å²) < 4.78 is 10.4. The van der Waals surface area contributed by atoms with Crippen LogP contribution in [0.25, 0.3) is 0 Å². The van der Waals surface area contributed by atoms with Crippen molar-refractivity contribution in [2.75, 3.05) is 13.7 Å². The van der Waals surface area contributed by atoms with E-state index in [0.717, 1.165) is 5.56 Å². The summed E-state index contributed by atoms with van der Waals surface area (Å²) >= 11 is 0. The highest BCUT2D eigenvalue weighted by Crippen LogP contribution is 2.30. The molecule has 5 nitrogen and oxygen atoms in total. The van der Waals surface area contributed by atoms with E-state index >= 15 is 0 Å². The molecule has 1 saturated heterocycles. The Bertz CT molecular complexity index is 682. The van der Waals surface area contributed by atoms with E-state index in [-0.39, 0.29) is 12.5 Å². The van der Waals surface area contributed by atoms with Crippen LogP contribution >= 0.6 is 0 Å². The van der Waals surface area contributed by atoms with Gasteiger partial charge in [-0.3, -0.25) is 14.5 Å². The lowest BCUT2D eigenvalue weighted by Gasteiger charge is -2.22. The minimum Gasteiger partial charge on any atom is -0.497 e. The van der Waals surface area contributed by atoms with E-state index in [0.29, 0.717) is 11.3 Å². The lowest BCUT2D eigenvalue weighted by atomic mass is 10.1. The third-order valence-electron chi connectivity index (χ3n) is 3.51. The summed E-state index contributed by atoms with van der Waals surface area (Å²) in [6.07, 6.45) is -0.703. The highest BCUT2D eigenvalue weighted by molar-refractivity contribution is 5.97. The first-order valence-corrected chi connectivity index (χ1v) is 6.88. The molecule has 2 aromatic carbocycles. The molecule has 112 valence electrons.